The lowest BCUT2D eigenvalue weighted by Crippen LogP contribution is -2.40. The average Bonchev–Trinajstić information content (AvgIpc) is 2.42. The molecule has 1 rings (SSSR count). The minimum absolute atomic E-state index is 0.0729. The third kappa shape index (κ3) is 6.37. The summed E-state index contributed by atoms with van der Waals surface area (Å²) in [5.74, 6) is 0. The predicted octanol–water partition coefficient (Wildman–Crippen LogP) is 2.51. The Kier molecular flexibility index (Phi) is 6.55. The van der Waals surface area contributed by atoms with Gasteiger partial charge < -0.3 is 10.4 Å². The molecule has 0 aromatic heterocycles. The molecule has 1 aromatic rings. The Morgan fingerprint density at radius 1 is 1.32 bits per heavy atom. The van der Waals surface area contributed by atoms with Gasteiger partial charge >= 0.3 is 0 Å². The van der Waals surface area contributed by atoms with E-state index in [9.17, 15) is 5.11 Å². The van der Waals surface area contributed by atoms with E-state index in [0.717, 1.165) is 19.4 Å². The zero-order valence-electron chi connectivity index (χ0n) is 11.9. The van der Waals surface area contributed by atoms with Gasteiger partial charge in [-0.1, -0.05) is 44.2 Å². The topological polar surface area (TPSA) is 56.0 Å². The molecule has 0 heterocycles. The highest BCUT2D eigenvalue weighted by molar-refractivity contribution is 5.15. The van der Waals surface area contributed by atoms with Gasteiger partial charge in [-0.2, -0.15) is 5.26 Å². The van der Waals surface area contributed by atoms with E-state index in [2.05, 4.69) is 37.4 Å². The van der Waals surface area contributed by atoms with E-state index in [0.29, 0.717) is 6.42 Å². The van der Waals surface area contributed by atoms with Crippen molar-refractivity contribution < 1.29 is 5.11 Å². The second-order valence-electron chi connectivity index (χ2n) is 5.77. The largest absolute Gasteiger partial charge is 0.395 e. The van der Waals surface area contributed by atoms with Crippen LogP contribution >= 0.6 is 0 Å². The molecule has 0 radical (unpaired) electrons. The van der Waals surface area contributed by atoms with Crippen molar-refractivity contribution in [2.24, 2.45) is 5.41 Å². The Bertz CT molecular complexity index is 395. The molecule has 0 saturated heterocycles. The van der Waals surface area contributed by atoms with Crippen molar-refractivity contribution in [2.45, 2.75) is 39.2 Å². The molecular formula is C16H24N2O. The fourth-order valence-electron chi connectivity index (χ4n) is 2.00. The summed E-state index contributed by atoms with van der Waals surface area (Å²) in [7, 11) is 0. The molecule has 104 valence electrons. The number of nitriles is 1. The number of hydrogen-bond donors (Lipinski definition) is 2. The first-order valence-electron chi connectivity index (χ1n) is 6.82. The van der Waals surface area contributed by atoms with Gasteiger partial charge in [0.15, 0.2) is 0 Å². The maximum atomic E-state index is 9.45. The summed E-state index contributed by atoms with van der Waals surface area (Å²) in [6, 6.07) is 12.4. The smallest absolute Gasteiger partial charge is 0.0621 e. The highest BCUT2D eigenvalue weighted by atomic mass is 16.3. The zero-order chi connectivity index (χ0) is 14.1. The second kappa shape index (κ2) is 7.93. The van der Waals surface area contributed by atoms with Crippen molar-refractivity contribution in [1.82, 2.24) is 5.32 Å². The Labute approximate surface area is 116 Å². The molecule has 0 aliphatic rings. The van der Waals surface area contributed by atoms with Crippen LogP contribution in [0.5, 0.6) is 0 Å². The lowest BCUT2D eigenvalue weighted by molar-refractivity contribution is 0.218. The molecule has 1 aromatic carbocycles. The molecule has 0 unspecified atom stereocenters. The first-order valence-corrected chi connectivity index (χ1v) is 6.82. The number of rotatable bonds is 8. The molecule has 3 nitrogen and oxygen atoms in total. The van der Waals surface area contributed by atoms with Crippen LogP contribution in [0.4, 0.5) is 0 Å². The minimum Gasteiger partial charge on any atom is -0.395 e. The van der Waals surface area contributed by atoms with Crippen molar-refractivity contribution in [3.63, 3.8) is 0 Å². The highest BCUT2D eigenvalue weighted by Crippen LogP contribution is 2.21. The monoisotopic (exact) mass is 260 g/mol. The molecular weight excluding hydrogens is 236 g/mol. The SMILES string of the molecule is CC(C)(CCC#N)CN[C@@H](CO)Cc1ccccc1. The van der Waals surface area contributed by atoms with E-state index in [1.165, 1.54) is 5.56 Å². The van der Waals surface area contributed by atoms with Crippen molar-refractivity contribution in [1.29, 1.82) is 5.26 Å². The molecule has 0 fully saturated rings. The van der Waals surface area contributed by atoms with Crippen molar-refractivity contribution in [3.8, 4) is 6.07 Å². The number of hydrogen-bond acceptors (Lipinski definition) is 3. The molecule has 0 bridgehead atoms. The number of aliphatic hydroxyl groups is 1. The Balaban J connectivity index is 2.43. The standard InChI is InChI=1S/C16H24N2O/c1-16(2,9-6-10-17)13-18-15(12-19)11-14-7-4-3-5-8-14/h3-5,7-8,15,18-19H,6,9,11-13H2,1-2H3/t15-/m1/s1. The lowest BCUT2D eigenvalue weighted by atomic mass is 9.87. The van der Waals surface area contributed by atoms with Gasteiger partial charge in [0.25, 0.3) is 0 Å². The molecule has 0 aliphatic carbocycles. The van der Waals surface area contributed by atoms with Crippen molar-refractivity contribution in [2.75, 3.05) is 13.2 Å². The number of nitrogens with one attached hydrogen (secondary N) is 1. The quantitative estimate of drug-likeness (QED) is 0.755. The summed E-state index contributed by atoms with van der Waals surface area (Å²) in [5.41, 5.74) is 1.31. The van der Waals surface area contributed by atoms with Crippen LogP contribution < -0.4 is 5.32 Å². The van der Waals surface area contributed by atoms with Crippen molar-refractivity contribution >= 4 is 0 Å². The summed E-state index contributed by atoms with van der Waals surface area (Å²) >= 11 is 0. The van der Waals surface area contributed by atoms with Crippen LogP contribution in [0, 0.1) is 16.7 Å². The minimum atomic E-state index is 0.0729. The molecule has 19 heavy (non-hydrogen) atoms. The summed E-state index contributed by atoms with van der Waals surface area (Å²) in [6.07, 6.45) is 2.28. The Morgan fingerprint density at radius 3 is 2.58 bits per heavy atom. The number of aliphatic hydroxyl groups excluding tert-OH is 1. The van der Waals surface area contributed by atoms with Crippen LogP contribution in [0.1, 0.15) is 32.3 Å². The fraction of sp³-hybridized carbons (Fsp3) is 0.562. The average molecular weight is 260 g/mol. The van der Waals surface area contributed by atoms with Gasteiger partial charge in [-0.05, 0) is 23.8 Å². The van der Waals surface area contributed by atoms with Gasteiger partial charge in [0.1, 0.15) is 0 Å². The van der Waals surface area contributed by atoms with Crippen LogP contribution in [0.25, 0.3) is 0 Å². The molecule has 1 atom stereocenters. The lowest BCUT2D eigenvalue weighted by Gasteiger charge is -2.27. The molecule has 3 heteroatoms. The summed E-state index contributed by atoms with van der Waals surface area (Å²) in [6.45, 7) is 5.23. The van der Waals surface area contributed by atoms with Crippen LogP contribution in [-0.2, 0) is 6.42 Å². The van der Waals surface area contributed by atoms with Gasteiger partial charge in [-0.25, -0.2) is 0 Å². The Morgan fingerprint density at radius 2 is 2.00 bits per heavy atom. The van der Waals surface area contributed by atoms with E-state index < -0.39 is 0 Å². The van der Waals surface area contributed by atoms with Gasteiger partial charge in [0.2, 0.25) is 0 Å². The van der Waals surface area contributed by atoms with E-state index in [1.807, 2.05) is 18.2 Å². The van der Waals surface area contributed by atoms with Gasteiger partial charge in [-0.3, -0.25) is 0 Å². The van der Waals surface area contributed by atoms with E-state index in [1.54, 1.807) is 0 Å². The van der Waals surface area contributed by atoms with E-state index in [4.69, 9.17) is 5.26 Å². The van der Waals surface area contributed by atoms with Gasteiger partial charge in [0, 0.05) is 19.0 Å². The summed E-state index contributed by atoms with van der Waals surface area (Å²) < 4.78 is 0. The van der Waals surface area contributed by atoms with Gasteiger partial charge in [-0.15, -0.1) is 0 Å². The molecule has 0 spiro atoms. The third-order valence-electron chi connectivity index (χ3n) is 3.33. The van der Waals surface area contributed by atoms with Crippen LogP contribution in [0.2, 0.25) is 0 Å². The maximum Gasteiger partial charge on any atom is 0.0621 e. The van der Waals surface area contributed by atoms with Crippen LogP contribution in [0.3, 0.4) is 0 Å². The zero-order valence-corrected chi connectivity index (χ0v) is 11.9. The van der Waals surface area contributed by atoms with Gasteiger partial charge in [0.05, 0.1) is 12.7 Å². The van der Waals surface area contributed by atoms with E-state index >= 15 is 0 Å². The van der Waals surface area contributed by atoms with Crippen molar-refractivity contribution in [3.05, 3.63) is 35.9 Å². The summed E-state index contributed by atoms with van der Waals surface area (Å²) in [4.78, 5) is 0. The fourth-order valence-corrected chi connectivity index (χ4v) is 2.00. The molecule has 2 N–H and O–H groups in total. The van der Waals surface area contributed by atoms with Crippen LogP contribution in [0.15, 0.2) is 30.3 Å². The highest BCUT2D eigenvalue weighted by Gasteiger charge is 2.19. The molecule has 0 amide bonds. The Hall–Kier alpha value is -1.37. The normalized spacial score (nSPS) is 12.9. The maximum absolute atomic E-state index is 9.45. The van der Waals surface area contributed by atoms with Crippen LogP contribution in [-0.4, -0.2) is 24.3 Å². The summed E-state index contributed by atoms with van der Waals surface area (Å²) in [5, 5.41) is 21.5. The number of nitrogens with zero attached hydrogens (tertiary/aromatic N) is 1. The third-order valence-corrected chi connectivity index (χ3v) is 3.33. The number of benzene rings is 1. The first kappa shape index (κ1) is 15.7. The first-order chi connectivity index (χ1) is 9.07. The van der Waals surface area contributed by atoms with E-state index in [-0.39, 0.29) is 18.1 Å². The molecule has 0 aliphatic heterocycles. The second-order valence-corrected chi connectivity index (χ2v) is 5.77. The predicted molar refractivity (Wildman–Crippen MR) is 77.7 cm³/mol. The molecule has 0 saturated carbocycles.